The average Bonchev–Trinajstić information content (AvgIpc) is 3.08. The Morgan fingerprint density at radius 1 is 1.18 bits per heavy atom. The number of hydrogen-bond donors (Lipinski definition) is 2. The molecular weight excluding hydrogens is 352 g/mol. The number of carbonyl (C=O) groups excluding carboxylic acids is 1. The third-order valence-corrected chi connectivity index (χ3v) is 4.71. The predicted molar refractivity (Wildman–Crippen MR) is 114 cm³/mol. The fourth-order valence-corrected chi connectivity index (χ4v) is 3.02. The molecule has 0 atom stereocenters. The van der Waals surface area contributed by atoms with E-state index < -0.39 is 0 Å². The van der Waals surface area contributed by atoms with E-state index in [9.17, 15) is 4.79 Å². The van der Waals surface area contributed by atoms with E-state index in [2.05, 4.69) is 60.7 Å². The van der Waals surface area contributed by atoms with E-state index in [-0.39, 0.29) is 5.91 Å². The molecule has 6 heteroatoms. The van der Waals surface area contributed by atoms with Gasteiger partial charge in [0.2, 0.25) is 5.91 Å². The lowest BCUT2D eigenvalue weighted by molar-refractivity contribution is -0.128. The van der Waals surface area contributed by atoms with Gasteiger partial charge >= 0.3 is 0 Å². The summed E-state index contributed by atoms with van der Waals surface area (Å²) in [5.41, 5.74) is 2.33. The van der Waals surface area contributed by atoms with Gasteiger partial charge in [0.05, 0.1) is 13.2 Å². The van der Waals surface area contributed by atoms with Crippen molar-refractivity contribution in [3.8, 4) is 0 Å². The maximum absolute atomic E-state index is 11.7. The van der Waals surface area contributed by atoms with Gasteiger partial charge in [0.25, 0.3) is 0 Å². The predicted octanol–water partition coefficient (Wildman–Crippen LogP) is 2.93. The normalized spacial score (nSPS) is 14.8. The van der Waals surface area contributed by atoms with E-state index in [1.807, 2.05) is 4.90 Å². The molecule has 0 aromatic heterocycles. The molecule has 1 aromatic carbocycles. The van der Waals surface area contributed by atoms with Crippen molar-refractivity contribution in [1.82, 2.24) is 15.5 Å². The number of hydrogen-bond acceptors (Lipinski definition) is 3. The SMILES string of the molecule is CCNC(=NCc1ccc(CN2CCCC2=O)cc1)NCCOCCC(C)C. The van der Waals surface area contributed by atoms with Crippen molar-refractivity contribution >= 4 is 11.9 Å². The zero-order chi connectivity index (χ0) is 20.2. The summed E-state index contributed by atoms with van der Waals surface area (Å²) in [6, 6.07) is 8.38. The van der Waals surface area contributed by atoms with Crippen LogP contribution in [0.3, 0.4) is 0 Å². The Morgan fingerprint density at radius 3 is 2.57 bits per heavy atom. The van der Waals surface area contributed by atoms with Gasteiger partial charge < -0.3 is 20.3 Å². The number of benzene rings is 1. The summed E-state index contributed by atoms with van der Waals surface area (Å²) in [5, 5.41) is 6.58. The highest BCUT2D eigenvalue weighted by molar-refractivity contribution is 5.79. The lowest BCUT2D eigenvalue weighted by atomic mass is 10.1. The van der Waals surface area contributed by atoms with Crippen LogP contribution in [0.5, 0.6) is 0 Å². The maximum atomic E-state index is 11.7. The van der Waals surface area contributed by atoms with Crippen LogP contribution < -0.4 is 10.6 Å². The molecule has 28 heavy (non-hydrogen) atoms. The molecule has 0 bridgehead atoms. The van der Waals surface area contributed by atoms with Crippen LogP contribution in [0.25, 0.3) is 0 Å². The topological polar surface area (TPSA) is 66.0 Å². The van der Waals surface area contributed by atoms with Crippen LogP contribution in [0.4, 0.5) is 0 Å². The van der Waals surface area contributed by atoms with Gasteiger partial charge in [0.15, 0.2) is 5.96 Å². The van der Waals surface area contributed by atoms with Crippen molar-refractivity contribution < 1.29 is 9.53 Å². The molecule has 0 aliphatic carbocycles. The van der Waals surface area contributed by atoms with Crippen LogP contribution in [0, 0.1) is 5.92 Å². The van der Waals surface area contributed by atoms with Crippen molar-refractivity contribution in [3.63, 3.8) is 0 Å². The van der Waals surface area contributed by atoms with E-state index in [0.29, 0.717) is 32.0 Å². The Balaban J connectivity index is 1.75. The second kappa shape index (κ2) is 12.4. The van der Waals surface area contributed by atoms with E-state index in [1.54, 1.807) is 0 Å². The van der Waals surface area contributed by atoms with Gasteiger partial charge in [0, 0.05) is 39.2 Å². The fourth-order valence-electron chi connectivity index (χ4n) is 3.02. The Bertz CT molecular complexity index is 613. The molecule has 0 unspecified atom stereocenters. The highest BCUT2D eigenvalue weighted by atomic mass is 16.5. The summed E-state index contributed by atoms with van der Waals surface area (Å²) in [6.07, 6.45) is 2.76. The second-order valence-corrected chi connectivity index (χ2v) is 7.65. The van der Waals surface area contributed by atoms with Gasteiger partial charge in [-0.1, -0.05) is 38.1 Å². The zero-order valence-corrected chi connectivity index (χ0v) is 17.7. The molecule has 2 N–H and O–H groups in total. The molecule has 156 valence electrons. The monoisotopic (exact) mass is 388 g/mol. The Labute approximate surface area is 169 Å². The van der Waals surface area contributed by atoms with Gasteiger partial charge in [-0.3, -0.25) is 4.79 Å². The van der Waals surface area contributed by atoms with Gasteiger partial charge in [-0.05, 0) is 36.8 Å². The summed E-state index contributed by atoms with van der Waals surface area (Å²) >= 11 is 0. The number of aliphatic imine (C=N–C) groups is 1. The number of rotatable bonds is 11. The summed E-state index contributed by atoms with van der Waals surface area (Å²) < 4.78 is 5.64. The summed E-state index contributed by atoms with van der Waals surface area (Å²) in [7, 11) is 0. The van der Waals surface area contributed by atoms with Crippen molar-refractivity contribution in [1.29, 1.82) is 0 Å². The molecule has 0 saturated carbocycles. The lowest BCUT2D eigenvalue weighted by Gasteiger charge is -2.15. The molecule has 0 radical (unpaired) electrons. The second-order valence-electron chi connectivity index (χ2n) is 7.65. The first kappa shape index (κ1) is 22.2. The fraction of sp³-hybridized carbons (Fsp3) is 0.636. The largest absolute Gasteiger partial charge is 0.380 e. The van der Waals surface area contributed by atoms with Gasteiger partial charge in [-0.2, -0.15) is 0 Å². The molecule has 2 rings (SSSR count). The Kier molecular flexibility index (Phi) is 9.83. The summed E-state index contributed by atoms with van der Waals surface area (Å²) in [6.45, 7) is 11.7. The van der Waals surface area contributed by atoms with E-state index in [1.165, 1.54) is 5.56 Å². The minimum absolute atomic E-state index is 0.267. The number of nitrogens with zero attached hydrogens (tertiary/aromatic N) is 2. The molecule has 1 aliphatic rings. The van der Waals surface area contributed by atoms with Crippen molar-refractivity contribution in [2.24, 2.45) is 10.9 Å². The highest BCUT2D eigenvalue weighted by Gasteiger charge is 2.19. The number of likely N-dealkylation sites (tertiary alicyclic amines) is 1. The minimum Gasteiger partial charge on any atom is -0.380 e. The van der Waals surface area contributed by atoms with E-state index >= 15 is 0 Å². The molecule has 1 saturated heterocycles. The third-order valence-electron chi connectivity index (χ3n) is 4.71. The third kappa shape index (κ3) is 8.30. The van der Waals surface area contributed by atoms with Crippen LogP contribution in [0.1, 0.15) is 51.2 Å². The first-order chi connectivity index (χ1) is 13.6. The molecule has 1 heterocycles. The molecular formula is C22H36N4O2. The van der Waals surface area contributed by atoms with Crippen molar-refractivity contribution in [2.45, 2.75) is 53.1 Å². The molecule has 0 spiro atoms. The summed E-state index contributed by atoms with van der Waals surface area (Å²) in [5.74, 6) is 1.75. The number of carbonyl (C=O) groups is 1. The first-order valence-corrected chi connectivity index (χ1v) is 10.5. The van der Waals surface area contributed by atoms with Gasteiger partial charge in [0.1, 0.15) is 0 Å². The Morgan fingerprint density at radius 2 is 1.93 bits per heavy atom. The Hall–Kier alpha value is -2.08. The molecule has 1 fully saturated rings. The van der Waals surface area contributed by atoms with Crippen molar-refractivity contribution in [2.75, 3.05) is 32.8 Å². The number of ether oxygens (including phenoxy) is 1. The molecule has 1 amide bonds. The van der Waals surface area contributed by atoms with Gasteiger partial charge in [-0.25, -0.2) is 4.99 Å². The number of amides is 1. The van der Waals surface area contributed by atoms with E-state index in [4.69, 9.17) is 4.74 Å². The van der Waals surface area contributed by atoms with Gasteiger partial charge in [-0.15, -0.1) is 0 Å². The molecule has 1 aromatic rings. The maximum Gasteiger partial charge on any atom is 0.222 e. The van der Waals surface area contributed by atoms with Crippen LogP contribution >= 0.6 is 0 Å². The number of nitrogens with one attached hydrogen (secondary N) is 2. The van der Waals surface area contributed by atoms with E-state index in [0.717, 1.165) is 50.6 Å². The number of guanidine groups is 1. The lowest BCUT2D eigenvalue weighted by Crippen LogP contribution is -2.39. The average molecular weight is 389 g/mol. The molecule has 1 aliphatic heterocycles. The summed E-state index contributed by atoms with van der Waals surface area (Å²) in [4.78, 5) is 18.3. The smallest absolute Gasteiger partial charge is 0.222 e. The zero-order valence-electron chi connectivity index (χ0n) is 17.7. The minimum atomic E-state index is 0.267. The molecule has 6 nitrogen and oxygen atoms in total. The standard InChI is InChI=1S/C22H36N4O2/c1-4-23-22(24-12-15-28-14-11-18(2)3)25-16-19-7-9-20(10-8-19)17-26-13-5-6-21(26)27/h7-10,18H,4-6,11-17H2,1-3H3,(H2,23,24,25). The van der Waals surface area contributed by atoms with Crippen LogP contribution in [-0.4, -0.2) is 49.6 Å². The van der Waals surface area contributed by atoms with Crippen LogP contribution in [0.2, 0.25) is 0 Å². The quantitative estimate of drug-likeness (QED) is 0.347. The van der Waals surface area contributed by atoms with Crippen molar-refractivity contribution in [3.05, 3.63) is 35.4 Å². The highest BCUT2D eigenvalue weighted by Crippen LogP contribution is 2.15. The van der Waals surface area contributed by atoms with Crippen LogP contribution in [0.15, 0.2) is 29.3 Å². The first-order valence-electron chi connectivity index (χ1n) is 10.5. The van der Waals surface area contributed by atoms with Crippen LogP contribution in [-0.2, 0) is 22.6 Å².